The number of hydrogen-bond acceptors (Lipinski definition) is 8. The minimum absolute atomic E-state index is 0.213. The number of hydrogen-bond donors (Lipinski definition) is 2. The molecule has 3 aliphatic heterocycles. The van der Waals surface area contributed by atoms with Crippen LogP contribution in [0.3, 0.4) is 0 Å². The zero-order chi connectivity index (χ0) is 25.3. The van der Waals surface area contributed by atoms with Crippen LogP contribution in [0.2, 0.25) is 0 Å². The van der Waals surface area contributed by atoms with Crippen LogP contribution >= 0.6 is 11.8 Å². The highest BCUT2D eigenvalue weighted by Crippen LogP contribution is 2.54. The number of imide groups is 1. The third-order valence-corrected chi connectivity index (χ3v) is 7.69. The smallest absolute Gasteiger partial charge is 0.330 e. The van der Waals surface area contributed by atoms with E-state index in [9.17, 15) is 23.6 Å². The third kappa shape index (κ3) is 4.55. The molecular weight excluding hydrogens is 493 g/mol. The topological polar surface area (TPSA) is 123 Å². The van der Waals surface area contributed by atoms with Crippen LogP contribution in [-0.2, 0) is 24.0 Å². The van der Waals surface area contributed by atoms with Gasteiger partial charge in [-0.05, 0) is 36.2 Å². The molecule has 2 aromatic rings. The first kappa shape index (κ1) is 23.9. The Bertz CT molecular complexity index is 1220. The molecule has 0 spiro atoms. The molecule has 0 radical (unpaired) electrons. The van der Waals surface area contributed by atoms with Crippen LogP contribution in [0.15, 0.2) is 42.5 Å². The first-order chi connectivity index (χ1) is 17.4. The van der Waals surface area contributed by atoms with Crippen LogP contribution < -0.4 is 20.1 Å². The lowest BCUT2D eigenvalue weighted by Gasteiger charge is -2.33. The van der Waals surface area contributed by atoms with Gasteiger partial charge in [-0.15, -0.1) is 11.8 Å². The number of amides is 4. The number of anilines is 1. The molecule has 36 heavy (non-hydrogen) atoms. The Morgan fingerprint density at radius 3 is 2.64 bits per heavy atom. The van der Waals surface area contributed by atoms with Crippen molar-refractivity contribution in [2.75, 3.05) is 30.9 Å². The lowest BCUT2D eigenvalue weighted by atomic mass is 10.0. The van der Waals surface area contributed by atoms with Gasteiger partial charge in [-0.25, -0.2) is 14.0 Å². The summed E-state index contributed by atoms with van der Waals surface area (Å²) in [7, 11) is 0. The fourth-order valence-corrected chi connectivity index (χ4v) is 6.14. The van der Waals surface area contributed by atoms with E-state index in [0.29, 0.717) is 36.8 Å². The Morgan fingerprint density at radius 2 is 1.86 bits per heavy atom. The molecule has 0 bridgehead atoms. The van der Waals surface area contributed by atoms with Crippen molar-refractivity contribution in [1.29, 1.82) is 0 Å². The van der Waals surface area contributed by atoms with Gasteiger partial charge in [0.05, 0.1) is 0 Å². The van der Waals surface area contributed by atoms with E-state index in [4.69, 9.17) is 14.2 Å². The standard InChI is InChI=1S/C24H22FN3O7S/c25-15-3-1-14(2-4-15)24-8-7-21(30)28(24)17(13-36-24)22(31)35-12-20(29)27-23(32)26-16-5-6-18-19(11-16)34-10-9-33-18/h1-6,11,17H,7-10,12-13H2,(H2,26,27,29,32)/t17-,24-/m1/s1. The summed E-state index contributed by atoms with van der Waals surface area (Å²) in [5, 5.41) is 4.59. The van der Waals surface area contributed by atoms with Crippen molar-refractivity contribution < 1.29 is 37.8 Å². The molecular formula is C24H22FN3O7S. The molecule has 12 heteroatoms. The van der Waals surface area contributed by atoms with E-state index in [1.165, 1.54) is 28.8 Å². The summed E-state index contributed by atoms with van der Waals surface area (Å²) in [6, 6.07) is 8.94. The lowest BCUT2D eigenvalue weighted by molar-refractivity contribution is -0.156. The van der Waals surface area contributed by atoms with Gasteiger partial charge in [-0.1, -0.05) is 12.1 Å². The van der Waals surface area contributed by atoms with Crippen molar-refractivity contribution in [3.05, 3.63) is 53.8 Å². The second-order valence-corrected chi connectivity index (χ2v) is 9.65. The summed E-state index contributed by atoms with van der Waals surface area (Å²) >= 11 is 1.41. The maximum Gasteiger partial charge on any atom is 0.330 e. The minimum Gasteiger partial charge on any atom is -0.486 e. The van der Waals surface area contributed by atoms with Gasteiger partial charge in [0.15, 0.2) is 18.1 Å². The number of halogens is 1. The molecule has 0 saturated carbocycles. The number of carbonyl (C=O) groups excluding carboxylic acids is 4. The third-order valence-electron chi connectivity index (χ3n) is 6.09. The van der Waals surface area contributed by atoms with E-state index < -0.39 is 41.2 Å². The van der Waals surface area contributed by atoms with Crippen LogP contribution in [0.5, 0.6) is 11.5 Å². The largest absolute Gasteiger partial charge is 0.486 e. The summed E-state index contributed by atoms with van der Waals surface area (Å²) < 4.78 is 29.4. The van der Waals surface area contributed by atoms with Crippen LogP contribution in [-0.4, -0.2) is 60.3 Å². The predicted molar refractivity (Wildman–Crippen MR) is 126 cm³/mol. The first-order valence-electron chi connectivity index (χ1n) is 11.2. The fourth-order valence-electron chi connectivity index (χ4n) is 4.51. The molecule has 4 amide bonds. The number of rotatable bonds is 5. The lowest BCUT2D eigenvalue weighted by Crippen LogP contribution is -2.47. The summed E-state index contributed by atoms with van der Waals surface area (Å²) in [5.74, 6) is -0.884. The minimum atomic E-state index is -0.894. The molecule has 2 fully saturated rings. The molecule has 2 aromatic carbocycles. The molecule has 0 unspecified atom stereocenters. The molecule has 0 aromatic heterocycles. The number of thioether (sulfide) groups is 1. The molecule has 3 heterocycles. The average molecular weight is 516 g/mol. The number of urea groups is 1. The van der Waals surface area contributed by atoms with Crippen LogP contribution in [0.25, 0.3) is 0 Å². The first-order valence-corrected chi connectivity index (χ1v) is 12.2. The fraction of sp³-hybridized carbons (Fsp3) is 0.333. The SMILES string of the molecule is O=C(COC(=O)[C@H]1CS[C@@]2(c3ccc(F)cc3)CCC(=O)N12)NC(=O)Nc1ccc2c(c1)OCCO2. The van der Waals surface area contributed by atoms with Gasteiger partial charge in [-0.3, -0.25) is 14.9 Å². The monoisotopic (exact) mass is 515 g/mol. The van der Waals surface area contributed by atoms with Crippen molar-refractivity contribution in [3.8, 4) is 11.5 Å². The molecule has 3 aliphatic rings. The van der Waals surface area contributed by atoms with Gasteiger partial charge in [0.2, 0.25) is 5.91 Å². The maximum absolute atomic E-state index is 13.4. The van der Waals surface area contributed by atoms with E-state index in [-0.39, 0.29) is 18.1 Å². The summed E-state index contributed by atoms with van der Waals surface area (Å²) in [5.41, 5.74) is 1.11. The highest BCUT2D eigenvalue weighted by Gasteiger charge is 2.57. The molecule has 0 aliphatic carbocycles. The summed E-state index contributed by atoms with van der Waals surface area (Å²) in [6.45, 7) is 0.131. The van der Waals surface area contributed by atoms with E-state index in [1.54, 1.807) is 30.3 Å². The van der Waals surface area contributed by atoms with Crippen molar-refractivity contribution in [1.82, 2.24) is 10.2 Å². The second-order valence-electron chi connectivity index (χ2n) is 8.35. The average Bonchev–Trinajstić information content (AvgIpc) is 3.42. The Labute approximate surface area is 209 Å². The number of ether oxygens (including phenoxy) is 3. The molecule has 10 nitrogen and oxygen atoms in total. The number of benzene rings is 2. The van der Waals surface area contributed by atoms with Crippen molar-refractivity contribution in [2.24, 2.45) is 0 Å². The Balaban J connectivity index is 1.16. The van der Waals surface area contributed by atoms with E-state index in [1.807, 2.05) is 0 Å². The van der Waals surface area contributed by atoms with Gasteiger partial charge in [-0.2, -0.15) is 0 Å². The normalized spacial score (nSPS) is 22.1. The molecule has 2 atom stereocenters. The van der Waals surface area contributed by atoms with Gasteiger partial charge in [0, 0.05) is 23.9 Å². The number of carbonyl (C=O) groups is 4. The summed E-state index contributed by atoms with van der Waals surface area (Å²) in [6.07, 6.45) is 0.723. The van der Waals surface area contributed by atoms with Crippen LogP contribution in [0.1, 0.15) is 18.4 Å². The highest BCUT2D eigenvalue weighted by atomic mass is 32.2. The van der Waals surface area contributed by atoms with Crippen LogP contribution in [0, 0.1) is 5.82 Å². The van der Waals surface area contributed by atoms with E-state index in [2.05, 4.69) is 10.6 Å². The van der Waals surface area contributed by atoms with Gasteiger partial charge < -0.3 is 24.4 Å². The molecule has 5 rings (SSSR count). The van der Waals surface area contributed by atoms with Crippen molar-refractivity contribution >= 4 is 41.3 Å². The van der Waals surface area contributed by atoms with E-state index in [0.717, 1.165) is 5.56 Å². The molecule has 188 valence electrons. The zero-order valence-electron chi connectivity index (χ0n) is 19.0. The zero-order valence-corrected chi connectivity index (χ0v) is 19.8. The molecule has 2 saturated heterocycles. The number of nitrogens with one attached hydrogen (secondary N) is 2. The quantitative estimate of drug-likeness (QED) is 0.582. The maximum atomic E-state index is 13.4. The Morgan fingerprint density at radius 1 is 1.11 bits per heavy atom. The second kappa shape index (κ2) is 9.69. The number of esters is 1. The van der Waals surface area contributed by atoms with Crippen molar-refractivity contribution in [3.63, 3.8) is 0 Å². The number of fused-ring (bicyclic) bond motifs is 2. The van der Waals surface area contributed by atoms with Gasteiger partial charge in [0.25, 0.3) is 5.91 Å². The predicted octanol–water partition coefficient (Wildman–Crippen LogP) is 2.38. The highest BCUT2D eigenvalue weighted by molar-refractivity contribution is 8.00. The Kier molecular flexibility index (Phi) is 6.44. The van der Waals surface area contributed by atoms with Gasteiger partial charge in [0.1, 0.15) is 29.9 Å². The van der Waals surface area contributed by atoms with E-state index >= 15 is 0 Å². The molecule has 2 N–H and O–H groups in total. The number of nitrogens with zero attached hydrogens (tertiary/aromatic N) is 1. The summed E-state index contributed by atoms with van der Waals surface area (Å²) in [4.78, 5) is 50.5. The van der Waals surface area contributed by atoms with Crippen LogP contribution in [0.4, 0.5) is 14.9 Å². The van der Waals surface area contributed by atoms with Gasteiger partial charge >= 0.3 is 12.0 Å². The van der Waals surface area contributed by atoms with Crippen molar-refractivity contribution in [2.45, 2.75) is 23.8 Å². The Hall–Kier alpha value is -3.80.